The van der Waals surface area contributed by atoms with E-state index < -0.39 is 5.97 Å². The van der Waals surface area contributed by atoms with Crippen LogP contribution in [0.15, 0.2) is 0 Å². The Kier molecular flexibility index (Phi) is 2.50. The molecule has 0 amide bonds. The molecule has 2 unspecified atom stereocenters. The number of carbonyl (C=O) groups is 1. The Morgan fingerprint density at radius 2 is 2.40 bits per heavy atom. The summed E-state index contributed by atoms with van der Waals surface area (Å²) in [5.41, 5.74) is 2.89. The molecule has 4 heteroatoms. The minimum Gasteiger partial charge on any atom is -0.481 e. The number of carboxylic acid groups (broad SMARTS) is 1. The molecular formula is C11H16N2O2. The average molecular weight is 208 g/mol. The summed E-state index contributed by atoms with van der Waals surface area (Å²) in [6.07, 6.45) is 2.64. The summed E-state index contributed by atoms with van der Waals surface area (Å²) >= 11 is 0. The van der Waals surface area contributed by atoms with Crippen LogP contribution < -0.4 is 0 Å². The third kappa shape index (κ3) is 1.54. The van der Waals surface area contributed by atoms with Crippen molar-refractivity contribution in [1.82, 2.24) is 10.2 Å². The van der Waals surface area contributed by atoms with Crippen molar-refractivity contribution in [2.75, 3.05) is 0 Å². The van der Waals surface area contributed by atoms with Crippen LogP contribution in [-0.2, 0) is 17.6 Å². The highest BCUT2D eigenvalue weighted by Gasteiger charge is 2.35. The summed E-state index contributed by atoms with van der Waals surface area (Å²) < 4.78 is 0. The van der Waals surface area contributed by atoms with Gasteiger partial charge < -0.3 is 5.11 Å². The van der Waals surface area contributed by atoms with E-state index in [9.17, 15) is 9.90 Å². The van der Waals surface area contributed by atoms with Crippen molar-refractivity contribution in [1.29, 1.82) is 0 Å². The van der Waals surface area contributed by atoms with Crippen molar-refractivity contribution in [3.8, 4) is 0 Å². The fourth-order valence-electron chi connectivity index (χ4n) is 2.45. The second-order valence-electron chi connectivity index (χ2n) is 4.25. The predicted octanol–water partition coefficient (Wildman–Crippen LogP) is 1.72. The van der Waals surface area contributed by atoms with Gasteiger partial charge in [-0.3, -0.25) is 9.89 Å². The number of nitrogens with zero attached hydrogens (tertiary/aromatic N) is 1. The average Bonchev–Trinajstić information content (AvgIpc) is 2.59. The van der Waals surface area contributed by atoms with Gasteiger partial charge in [0.1, 0.15) is 0 Å². The highest BCUT2D eigenvalue weighted by Crippen LogP contribution is 2.37. The topological polar surface area (TPSA) is 66.0 Å². The van der Waals surface area contributed by atoms with Gasteiger partial charge >= 0.3 is 5.97 Å². The Bertz CT molecular complexity index is 370. The van der Waals surface area contributed by atoms with Gasteiger partial charge in [-0.05, 0) is 25.2 Å². The molecule has 1 aliphatic rings. The van der Waals surface area contributed by atoms with Gasteiger partial charge in [-0.25, -0.2) is 0 Å². The van der Waals surface area contributed by atoms with E-state index in [0.29, 0.717) is 0 Å². The number of carboxylic acids is 1. The molecule has 0 spiro atoms. The third-order valence-electron chi connectivity index (χ3n) is 3.29. The van der Waals surface area contributed by atoms with Crippen LogP contribution in [0.5, 0.6) is 0 Å². The minimum atomic E-state index is -0.723. The number of fused-ring (bicyclic) bond motifs is 1. The Morgan fingerprint density at radius 3 is 3.00 bits per heavy atom. The summed E-state index contributed by atoms with van der Waals surface area (Å²) in [6, 6.07) is 0. The van der Waals surface area contributed by atoms with Gasteiger partial charge in [0.2, 0.25) is 0 Å². The first-order chi connectivity index (χ1) is 7.15. The summed E-state index contributed by atoms with van der Waals surface area (Å²) in [5, 5.41) is 16.4. The molecule has 0 bridgehead atoms. The molecule has 0 fully saturated rings. The molecule has 1 aliphatic carbocycles. The van der Waals surface area contributed by atoms with E-state index in [2.05, 4.69) is 10.2 Å². The summed E-state index contributed by atoms with van der Waals surface area (Å²) in [7, 11) is 0. The highest BCUT2D eigenvalue weighted by atomic mass is 16.4. The maximum Gasteiger partial charge on any atom is 0.311 e. The summed E-state index contributed by atoms with van der Waals surface area (Å²) in [6.45, 7) is 4.02. The molecule has 0 saturated carbocycles. The van der Waals surface area contributed by atoms with Crippen LogP contribution >= 0.6 is 0 Å². The van der Waals surface area contributed by atoms with Gasteiger partial charge in [-0.15, -0.1) is 0 Å². The Morgan fingerprint density at radius 1 is 1.67 bits per heavy atom. The van der Waals surface area contributed by atoms with Crippen LogP contribution in [0.2, 0.25) is 0 Å². The first-order valence-corrected chi connectivity index (χ1v) is 5.44. The Balaban J connectivity index is 2.49. The van der Waals surface area contributed by atoms with Crippen molar-refractivity contribution in [3.05, 3.63) is 17.0 Å². The molecule has 2 rings (SSSR count). The number of hydrogen-bond acceptors (Lipinski definition) is 2. The molecule has 15 heavy (non-hydrogen) atoms. The fraction of sp³-hybridized carbons (Fsp3) is 0.636. The number of rotatable bonds is 2. The summed E-state index contributed by atoms with van der Waals surface area (Å²) in [5.74, 6) is -0.889. The monoisotopic (exact) mass is 208 g/mol. The second kappa shape index (κ2) is 3.68. The lowest BCUT2D eigenvalue weighted by Gasteiger charge is -2.26. The molecule has 2 N–H and O–H groups in total. The van der Waals surface area contributed by atoms with Crippen LogP contribution in [0, 0.1) is 5.92 Å². The van der Waals surface area contributed by atoms with Crippen molar-refractivity contribution in [2.24, 2.45) is 5.92 Å². The number of aromatic amines is 1. The van der Waals surface area contributed by atoms with Gasteiger partial charge in [0, 0.05) is 11.3 Å². The van der Waals surface area contributed by atoms with Crippen LogP contribution in [0.25, 0.3) is 0 Å². The molecule has 2 atom stereocenters. The molecule has 0 aromatic carbocycles. The lowest BCUT2D eigenvalue weighted by atomic mass is 9.77. The fourth-order valence-corrected chi connectivity index (χ4v) is 2.45. The van der Waals surface area contributed by atoms with Gasteiger partial charge in [-0.1, -0.05) is 13.8 Å². The normalized spacial score (nSPS) is 24.9. The molecule has 1 aromatic rings. The zero-order chi connectivity index (χ0) is 11.0. The third-order valence-corrected chi connectivity index (χ3v) is 3.29. The van der Waals surface area contributed by atoms with E-state index in [0.717, 1.165) is 36.2 Å². The second-order valence-corrected chi connectivity index (χ2v) is 4.25. The number of hydrogen-bond donors (Lipinski definition) is 2. The van der Waals surface area contributed by atoms with E-state index in [-0.39, 0.29) is 11.8 Å². The van der Waals surface area contributed by atoms with Gasteiger partial charge in [0.05, 0.1) is 11.6 Å². The summed E-state index contributed by atoms with van der Waals surface area (Å²) in [4.78, 5) is 11.3. The molecule has 0 aliphatic heterocycles. The van der Waals surface area contributed by atoms with Gasteiger partial charge in [-0.2, -0.15) is 5.10 Å². The lowest BCUT2D eigenvalue weighted by Crippen LogP contribution is -2.25. The number of aliphatic carboxylic acids is 1. The van der Waals surface area contributed by atoms with E-state index >= 15 is 0 Å². The van der Waals surface area contributed by atoms with Crippen molar-refractivity contribution in [2.45, 2.75) is 39.0 Å². The molecule has 1 heterocycles. The largest absolute Gasteiger partial charge is 0.481 e. The number of H-pyrrole nitrogens is 1. The molecular weight excluding hydrogens is 192 g/mol. The first kappa shape index (κ1) is 10.2. The molecule has 4 nitrogen and oxygen atoms in total. The highest BCUT2D eigenvalue weighted by molar-refractivity contribution is 5.77. The van der Waals surface area contributed by atoms with Crippen molar-refractivity contribution in [3.63, 3.8) is 0 Å². The maximum absolute atomic E-state index is 11.3. The quantitative estimate of drug-likeness (QED) is 0.777. The Labute approximate surface area is 88.7 Å². The number of aromatic nitrogens is 2. The first-order valence-electron chi connectivity index (χ1n) is 5.44. The Hall–Kier alpha value is -1.32. The molecule has 1 aromatic heterocycles. The maximum atomic E-state index is 11.3. The van der Waals surface area contributed by atoms with Gasteiger partial charge in [0.25, 0.3) is 0 Å². The predicted molar refractivity (Wildman–Crippen MR) is 55.8 cm³/mol. The molecule has 82 valence electrons. The van der Waals surface area contributed by atoms with Crippen LogP contribution in [0.4, 0.5) is 0 Å². The van der Waals surface area contributed by atoms with Crippen molar-refractivity contribution >= 4 is 5.97 Å². The van der Waals surface area contributed by atoms with Crippen LogP contribution in [0.1, 0.15) is 43.1 Å². The number of aryl methyl sites for hydroxylation is 2. The zero-order valence-corrected chi connectivity index (χ0v) is 9.08. The van der Waals surface area contributed by atoms with E-state index in [4.69, 9.17) is 0 Å². The van der Waals surface area contributed by atoms with E-state index in [1.54, 1.807) is 0 Å². The van der Waals surface area contributed by atoms with Crippen molar-refractivity contribution < 1.29 is 9.90 Å². The number of nitrogens with one attached hydrogen (secondary N) is 1. The smallest absolute Gasteiger partial charge is 0.311 e. The molecule has 0 saturated heterocycles. The standard InChI is InChI=1S/C11H16N2O2/c1-3-7-10-8(13-12-7)5-4-6(2)9(10)11(14)15/h6,9H,3-5H2,1-2H3,(H,12,13)(H,14,15). The minimum absolute atomic E-state index is 0.206. The lowest BCUT2D eigenvalue weighted by molar-refractivity contribution is -0.140. The zero-order valence-electron chi connectivity index (χ0n) is 9.08. The van der Waals surface area contributed by atoms with Crippen LogP contribution in [0.3, 0.4) is 0 Å². The molecule has 0 radical (unpaired) electrons. The van der Waals surface area contributed by atoms with Gasteiger partial charge in [0.15, 0.2) is 0 Å². The van der Waals surface area contributed by atoms with E-state index in [1.165, 1.54) is 0 Å². The van der Waals surface area contributed by atoms with E-state index in [1.807, 2.05) is 13.8 Å². The van der Waals surface area contributed by atoms with Crippen LogP contribution in [-0.4, -0.2) is 21.3 Å². The SMILES string of the molecule is CCc1n[nH]c2c1C(C(=O)O)C(C)CC2.